The van der Waals surface area contributed by atoms with Crippen molar-refractivity contribution in [2.24, 2.45) is 0 Å². The summed E-state index contributed by atoms with van der Waals surface area (Å²) in [5, 5.41) is 8.32. The number of carbonyl (C=O) groups is 2. The van der Waals surface area contributed by atoms with Crippen molar-refractivity contribution in [2.45, 2.75) is 37.6 Å². The monoisotopic (exact) mass is 437 g/mol. The van der Waals surface area contributed by atoms with Crippen LogP contribution >= 0.6 is 11.6 Å². The summed E-state index contributed by atoms with van der Waals surface area (Å²) in [5.74, 6) is -0.605. The van der Waals surface area contributed by atoms with Gasteiger partial charge in [0.25, 0.3) is 0 Å². The normalized spacial score (nSPS) is 14.9. The van der Waals surface area contributed by atoms with Crippen LogP contribution in [-0.4, -0.2) is 34.3 Å². The van der Waals surface area contributed by atoms with Gasteiger partial charge < -0.3 is 10.1 Å². The fourth-order valence-corrected chi connectivity index (χ4v) is 4.27. The molecule has 1 amide bonds. The average molecular weight is 438 g/mol. The predicted molar refractivity (Wildman–Crippen MR) is 119 cm³/mol. The van der Waals surface area contributed by atoms with Crippen LogP contribution < -0.4 is 5.32 Å². The second-order valence-corrected chi connectivity index (χ2v) is 8.23. The van der Waals surface area contributed by atoms with E-state index in [-0.39, 0.29) is 18.3 Å². The summed E-state index contributed by atoms with van der Waals surface area (Å²) < 4.78 is 6.73. The number of ether oxygens (including phenoxy) is 1. The Morgan fingerprint density at radius 3 is 2.42 bits per heavy atom. The zero-order valence-corrected chi connectivity index (χ0v) is 18.1. The Labute approximate surface area is 186 Å². The molecule has 0 atom stereocenters. The first-order chi connectivity index (χ1) is 15.0. The summed E-state index contributed by atoms with van der Waals surface area (Å²) in [6.45, 7) is 0. The molecule has 6 nitrogen and oxygen atoms in total. The van der Waals surface area contributed by atoms with Crippen LogP contribution in [0, 0.1) is 0 Å². The summed E-state index contributed by atoms with van der Waals surface area (Å²) in [7, 11) is 1.36. The van der Waals surface area contributed by atoms with Crippen LogP contribution in [0.1, 0.15) is 31.2 Å². The molecule has 31 heavy (non-hydrogen) atoms. The number of amides is 1. The third-order valence-electron chi connectivity index (χ3n) is 5.69. The fourth-order valence-electron chi connectivity index (χ4n) is 4.14. The van der Waals surface area contributed by atoms with Gasteiger partial charge in [-0.2, -0.15) is 5.10 Å². The molecule has 1 saturated carbocycles. The molecule has 3 aromatic rings. The first kappa shape index (κ1) is 21.1. The minimum Gasteiger partial charge on any atom is -0.467 e. The molecule has 0 unspecified atom stereocenters. The van der Waals surface area contributed by atoms with E-state index < -0.39 is 5.54 Å². The van der Waals surface area contributed by atoms with E-state index in [1.54, 1.807) is 16.8 Å². The summed E-state index contributed by atoms with van der Waals surface area (Å²) in [6, 6.07) is 17.1. The van der Waals surface area contributed by atoms with Crippen molar-refractivity contribution >= 4 is 23.5 Å². The van der Waals surface area contributed by atoms with Gasteiger partial charge in [0.05, 0.1) is 24.9 Å². The first-order valence-corrected chi connectivity index (χ1v) is 10.7. The quantitative estimate of drug-likeness (QED) is 0.582. The number of methoxy groups -OCH3 is 1. The average Bonchev–Trinajstić information content (AvgIpc) is 3.42. The molecule has 1 heterocycles. The van der Waals surface area contributed by atoms with E-state index in [9.17, 15) is 9.59 Å². The van der Waals surface area contributed by atoms with Gasteiger partial charge in [-0.15, -0.1) is 0 Å². The molecule has 0 radical (unpaired) electrons. The predicted octanol–water partition coefficient (Wildman–Crippen LogP) is 4.34. The van der Waals surface area contributed by atoms with Crippen LogP contribution in [0.4, 0.5) is 0 Å². The van der Waals surface area contributed by atoms with Gasteiger partial charge in [-0.25, -0.2) is 9.48 Å². The lowest BCUT2D eigenvalue weighted by atomic mass is 9.97. The molecule has 0 spiro atoms. The summed E-state index contributed by atoms with van der Waals surface area (Å²) in [5.41, 5.74) is 2.30. The Kier molecular flexibility index (Phi) is 6.09. The SMILES string of the molecule is COC(=O)C1(NC(=O)Cc2cn(-c3ccccc3)nc2-c2ccc(Cl)cc2)CCCC1. The standard InChI is InChI=1S/C24H24ClN3O3/c1-31-23(30)24(13-5-6-14-24)26-21(29)15-18-16-28(20-7-3-2-4-8-20)27-22(18)17-9-11-19(25)12-10-17/h2-4,7-12,16H,5-6,13-15H2,1H3,(H,26,29). The molecule has 1 N–H and O–H groups in total. The molecule has 1 aromatic heterocycles. The molecular formula is C24H24ClN3O3. The maximum atomic E-state index is 13.0. The second kappa shape index (κ2) is 8.94. The number of carbonyl (C=O) groups excluding carboxylic acids is 2. The highest BCUT2D eigenvalue weighted by molar-refractivity contribution is 6.30. The Balaban J connectivity index is 1.65. The van der Waals surface area contributed by atoms with Gasteiger partial charge in [-0.1, -0.05) is 54.8 Å². The highest BCUT2D eigenvalue weighted by Crippen LogP contribution is 2.31. The fraction of sp³-hybridized carbons (Fsp3) is 0.292. The molecule has 7 heteroatoms. The minimum atomic E-state index is -0.929. The minimum absolute atomic E-state index is 0.101. The van der Waals surface area contributed by atoms with Gasteiger partial charge >= 0.3 is 5.97 Å². The van der Waals surface area contributed by atoms with Crippen LogP contribution in [0.3, 0.4) is 0 Å². The van der Waals surface area contributed by atoms with Gasteiger partial charge in [-0.3, -0.25) is 4.79 Å². The molecule has 1 aliphatic carbocycles. The third-order valence-corrected chi connectivity index (χ3v) is 5.94. The lowest BCUT2D eigenvalue weighted by molar-refractivity contribution is -0.150. The van der Waals surface area contributed by atoms with E-state index in [0.717, 1.165) is 29.7 Å². The number of hydrogen-bond acceptors (Lipinski definition) is 4. The highest BCUT2D eigenvalue weighted by Gasteiger charge is 2.43. The first-order valence-electron chi connectivity index (χ1n) is 10.3. The molecule has 0 saturated heterocycles. The van der Waals surface area contributed by atoms with Crippen LogP contribution in [0.5, 0.6) is 0 Å². The number of para-hydroxylation sites is 1. The van der Waals surface area contributed by atoms with Crippen LogP contribution in [-0.2, 0) is 20.7 Å². The number of esters is 1. The number of nitrogens with zero attached hydrogens (tertiary/aromatic N) is 2. The van der Waals surface area contributed by atoms with Gasteiger partial charge in [0.15, 0.2) is 0 Å². The van der Waals surface area contributed by atoms with Crippen LogP contribution in [0.25, 0.3) is 16.9 Å². The van der Waals surface area contributed by atoms with E-state index in [2.05, 4.69) is 5.32 Å². The van der Waals surface area contributed by atoms with Gasteiger partial charge in [0.1, 0.15) is 5.54 Å². The molecule has 1 aliphatic rings. The van der Waals surface area contributed by atoms with Crippen molar-refractivity contribution in [3.63, 3.8) is 0 Å². The van der Waals surface area contributed by atoms with Crippen molar-refractivity contribution in [3.05, 3.63) is 71.4 Å². The van der Waals surface area contributed by atoms with Gasteiger partial charge in [-0.05, 0) is 37.1 Å². The van der Waals surface area contributed by atoms with Gasteiger partial charge in [0.2, 0.25) is 5.91 Å². The Morgan fingerprint density at radius 2 is 1.77 bits per heavy atom. The third kappa shape index (κ3) is 4.49. The molecule has 0 bridgehead atoms. The topological polar surface area (TPSA) is 73.2 Å². The zero-order valence-electron chi connectivity index (χ0n) is 17.3. The van der Waals surface area contributed by atoms with E-state index in [1.165, 1.54) is 7.11 Å². The van der Waals surface area contributed by atoms with Crippen molar-refractivity contribution in [1.82, 2.24) is 15.1 Å². The highest BCUT2D eigenvalue weighted by atomic mass is 35.5. The molecule has 1 fully saturated rings. The maximum absolute atomic E-state index is 13.0. The molecule has 4 rings (SSSR count). The zero-order chi connectivity index (χ0) is 21.8. The molecule has 160 valence electrons. The van der Waals surface area contributed by atoms with E-state index in [0.29, 0.717) is 23.6 Å². The number of aromatic nitrogens is 2. The largest absolute Gasteiger partial charge is 0.467 e. The Bertz CT molecular complexity index is 1070. The molecule has 2 aromatic carbocycles. The van der Waals surface area contributed by atoms with Crippen molar-refractivity contribution in [1.29, 1.82) is 0 Å². The molecule has 0 aliphatic heterocycles. The maximum Gasteiger partial charge on any atom is 0.331 e. The van der Waals surface area contributed by atoms with Crippen molar-refractivity contribution in [2.75, 3.05) is 7.11 Å². The summed E-state index contributed by atoms with van der Waals surface area (Å²) >= 11 is 6.04. The number of hydrogen-bond donors (Lipinski definition) is 1. The van der Waals surface area contributed by atoms with Gasteiger partial charge in [0, 0.05) is 22.3 Å². The van der Waals surface area contributed by atoms with E-state index >= 15 is 0 Å². The van der Waals surface area contributed by atoms with Crippen molar-refractivity contribution < 1.29 is 14.3 Å². The van der Waals surface area contributed by atoms with E-state index in [1.807, 2.05) is 48.7 Å². The number of benzene rings is 2. The van der Waals surface area contributed by atoms with Crippen LogP contribution in [0.2, 0.25) is 5.02 Å². The lowest BCUT2D eigenvalue weighted by Gasteiger charge is -2.27. The number of halogens is 1. The van der Waals surface area contributed by atoms with E-state index in [4.69, 9.17) is 21.4 Å². The Hall–Kier alpha value is -3.12. The van der Waals surface area contributed by atoms with Crippen LogP contribution in [0.15, 0.2) is 60.8 Å². The number of nitrogens with one attached hydrogen (secondary N) is 1. The lowest BCUT2D eigenvalue weighted by Crippen LogP contribution is -2.53. The Morgan fingerprint density at radius 1 is 1.10 bits per heavy atom. The smallest absolute Gasteiger partial charge is 0.331 e. The summed E-state index contributed by atoms with van der Waals surface area (Å²) in [4.78, 5) is 25.4. The number of rotatable bonds is 6. The summed E-state index contributed by atoms with van der Waals surface area (Å²) in [6.07, 6.45) is 4.92. The van der Waals surface area contributed by atoms with Crippen molar-refractivity contribution in [3.8, 4) is 16.9 Å². The second-order valence-electron chi connectivity index (χ2n) is 7.80. The molecular weight excluding hydrogens is 414 g/mol.